The molecule has 0 aromatic heterocycles. The molecule has 2 saturated heterocycles. The van der Waals surface area contributed by atoms with Gasteiger partial charge in [0.2, 0.25) is 21.8 Å². The van der Waals surface area contributed by atoms with Gasteiger partial charge in [0.15, 0.2) is 0 Å². The lowest BCUT2D eigenvalue weighted by Crippen LogP contribution is -2.53. The van der Waals surface area contributed by atoms with Crippen molar-refractivity contribution in [2.24, 2.45) is 0 Å². The molecule has 2 aromatic rings. The van der Waals surface area contributed by atoms with Crippen LogP contribution in [0.1, 0.15) is 12.0 Å². The predicted octanol–water partition coefficient (Wildman–Crippen LogP) is 1.97. The van der Waals surface area contributed by atoms with Gasteiger partial charge in [-0.25, -0.2) is 8.42 Å². The van der Waals surface area contributed by atoms with E-state index in [2.05, 4.69) is 0 Å². The molecule has 2 fully saturated rings. The number of sulfonamides is 1. The van der Waals surface area contributed by atoms with Gasteiger partial charge in [-0.3, -0.25) is 19.4 Å². The number of hydrogen-bond donors (Lipinski definition) is 0. The fourth-order valence-corrected chi connectivity index (χ4v) is 5.44. The molecular weight excluding hydrogens is 426 g/mol. The summed E-state index contributed by atoms with van der Waals surface area (Å²) in [6.45, 7) is 1.59. The number of benzene rings is 2. The molecule has 158 valence electrons. The second-order valence-electron chi connectivity index (χ2n) is 7.42. The zero-order valence-electron chi connectivity index (χ0n) is 16.3. The summed E-state index contributed by atoms with van der Waals surface area (Å²) in [5, 5.41) is 0.475. The first-order chi connectivity index (χ1) is 14.4. The minimum Gasteiger partial charge on any atom is -0.289 e. The number of imide groups is 1. The number of carbonyl (C=O) groups excluding carboxylic acids is 2. The first-order valence-electron chi connectivity index (χ1n) is 9.74. The van der Waals surface area contributed by atoms with Gasteiger partial charge in [0.1, 0.15) is 0 Å². The number of carbonyl (C=O) groups is 2. The second kappa shape index (κ2) is 8.47. The van der Waals surface area contributed by atoms with Crippen LogP contribution >= 0.6 is 11.6 Å². The van der Waals surface area contributed by atoms with Crippen LogP contribution in [-0.4, -0.2) is 66.6 Å². The monoisotopic (exact) mass is 447 g/mol. The van der Waals surface area contributed by atoms with Crippen molar-refractivity contribution in [1.29, 1.82) is 0 Å². The molecule has 0 N–H and O–H groups in total. The Morgan fingerprint density at radius 2 is 1.53 bits per heavy atom. The Bertz CT molecular complexity index is 1040. The van der Waals surface area contributed by atoms with Crippen molar-refractivity contribution in [2.45, 2.75) is 23.9 Å². The van der Waals surface area contributed by atoms with Gasteiger partial charge in [0, 0.05) is 31.2 Å². The van der Waals surface area contributed by atoms with E-state index in [-0.39, 0.29) is 42.8 Å². The van der Waals surface area contributed by atoms with Gasteiger partial charge in [0.25, 0.3) is 0 Å². The molecule has 2 heterocycles. The molecule has 0 radical (unpaired) electrons. The molecule has 1 unspecified atom stereocenters. The first-order valence-corrected chi connectivity index (χ1v) is 11.6. The largest absolute Gasteiger partial charge is 0.289 e. The summed E-state index contributed by atoms with van der Waals surface area (Å²) < 4.78 is 27.1. The van der Waals surface area contributed by atoms with Crippen LogP contribution < -0.4 is 0 Å². The summed E-state index contributed by atoms with van der Waals surface area (Å²) in [6.07, 6.45) is 0.135. The van der Waals surface area contributed by atoms with E-state index in [0.29, 0.717) is 18.1 Å². The van der Waals surface area contributed by atoms with E-state index in [9.17, 15) is 18.0 Å². The molecular formula is C21H22ClN3O4S. The Labute approximate surface area is 180 Å². The third kappa shape index (κ3) is 4.13. The molecule has 0 saturated carbocycles. The molecule has 9 heteroatoms. The van der Waals surface area contributed by atoms with Gasteiger partial charge in [-0.05, 0) is 29.8 Å². The highest BCUT2D eigenvalue weighted by Gasteiger charge is 2.43. The van der Waals surface area contributed by atoms with E-state index in [1.807, 2.05) is 35.2 Å². The van der Waals surface area contributed by atoms with Gasteiger partial charge in [0.05, 0.1) is 23.9 Å². The summed E-state index contributed by atoms with van der Waals surface area (Å²) in [4.78, 5) is 28.7. The van der Waals surface area contributed by atoms with E-state index >= 15 is 0 Å². The van der Waals surface area contributed by atoms with Crippen LogP contribution in [0.5, 0.6) is 0 Å². The topological polar surface area (TPSA) is 78.0 Å². The van der Waals surface area contributed by atoms with Gasteiger partial charge < -0.3 is 0 Å². The predicted molar refractivity (Wildman–Crippen MR) is 112 cm³/mol. The van der Waals surface area contributed by atoms with Gasteiger partial charge in [-0.15, -0.1) is 0 Å². The number of amides is 2. The van der Waals surface area contributed by atoms with Crippen LogP contribution in [-0.2, 0) is 26.2 Å². The van der Waals surface area contributed by atoms with Crippen molar-refractivity contribution in [3.63, 3.8) is 0 Å². The number of rotatable bonds is 5. The molecule has 0 aliphatic carbocycles. The van der Waals surface area contributed by atoms with Crippen LogP contribution in [0, 0.1) is 0 Å². The van der Waals surface area contributed by atoms with E-state index < -0.39 is 16.1 Å². The average Bonchev–Trinajstić information content (AvgIpc) is 3.03. The SMILES string of the molecule is O=C1CC(N2CCN(S(=O)(=O)c3ccc(Cl)cc3)CC2)C(=O)N1Cc1ccccc1. The molecule has 2 amide bonds. The Morgan fingerprint density at radius 3 is 2.17 bits per heavy atom. The Morgan fingerprint density at radius 1 is 0.900 bits per heavy atom. The number of hydrogen-bond acceptors (Lipinski definition) is 5. The maximum atomic E-state index is 12.9. The second-order valence-corrected chi connectivity index (χ2v) is 9.79. The lowest BCUT2D eigenvalue weighted by atomic mass is 10.2. The minimum absolute atomic E-state index is 0.135. The van der Waals surface area contributed by atoms with Crippen LogP contribution in [0.2, 0.25) is 5.02 Å². The van der Waals surface area contributed by atoms with Crippen LogP contribution in [0.15, 0.2) is 59.5 Å². The lowest BCUT2D eigenvalue weighted by molar-refractivity contribution is -0.140. The fourth-order valence-electron chi connectivity index (χ4n) is 3.89. The smallest absolute Gasteiger partial charge is 0.247 e. The van der Waals surface area contributed by atoms with Crippen molar-refractivity contribution in [1.82, 2.24) is 14.1 Å². The average molecular weight is 448 g/mol. The summed E-state index contributed by atoms with van der Waals surface area (Å²) in [6, 6.07) is 15.0. The quantitative estimate of drug-likeness (QED) is 0.655. The minimum atomic E-state index is -3.62. The summed E-state index contributed by atoms with van der Waals surface area (Å²) in [5.41, 5.74) is 0.902. The van der Waals surface area contributed by atoms with Crippen molar-refractivity contribution >= 4 is 33.4 Å². The molecule has 30 heavy (non-hydrogen) atoms. The molecule has 2 aromatic carbocycles. The van der Waals surface area contributed by atoms with E-state index in [4.69, 9.17) is 11.6 Å². The molecule has 0 spiro atoms. The van der Waals surface area contributed by atoms with Crippen molar-refractivity contribution in [3.05, 3.63) is 65.2 Å². The van der Waals surface area contributed by atoms with E-state index in [1.54, 1.807) is 12.1 Å². The molecule has 7 nitrogen and oxygen atoms in total. The Hall–Kier alpha value is -2.26. The molecule has 4 rings (SSSR count). The zero-order valence-corrected chi connectivity index (χ0v) is 17.8. The first kappa shape index (κ1) is 21.0. The normalized spacial score (nSPS) is 21.4. The number of piperazine rings is 1. The highest BCUT2D eigenvalue weighted by Crippen LogP contribution is 2.25. The maximum absolute atomic E-state index is 12.9. The lowest BCUT2D eigenvalue weighted by Gasteiger charge is -2.36. The van der Waals surface area contributed by atoms with Crippen molar-refractivity contribution in [3.8, 4) is 0 Å². The summed E-state index contributed by atoms with van der Waals surface area (Å²) in [7, 11) is -3.62. The highest BCUT2D eigenvalue weighted by molar-refractivity contribution is 7.89. The molecule has 0 bridgehead atoms. The number of likely N-dealkylation sites (tertiary alicyclic amines) is 1. The van der Waals surface area contributed by atoms with Crippen LogP contribution in [0.4, 0.5) is 0 Å². The van der Waals surface area contributed by atoms with Crippen LogP contribution in [0.25, 0.3) is 0 Å². The van der Waals surface area contributed by atoms with Crippen molar-refractivity contribution < 1.29 is 18.0 Å². The van der Waals surface area contributed by atoms with Crippen LogP contribution in [0.3, 0.4) is 0 Å². The van der Waals surface area contributed by atoms with E-state index in [1.165, 1.54) is 21.3 Å². The summed E-state index contributed by atoms with van der Waals surface area (Å²) in [5.74, 6) is -0.400. The fraction of sp³-hybridized carbons (Fsp3) is 0.333. The van der Waals surface area contributed by atoms with Gasteiger partial charge in [-0.1, -0.05) is 41.9 Å². The molecule has 2 aliphatic rings. The standard InChI is InChI=1S/C21H22ClN3O4S/c22-17-6-8-18(9-7-17)30(28,29)24-12-10-23(11-13-24)19-14-20(26)25(21(19)27)15-16-4-2-1-3-5-16/h1-9,19H,10-15H2. The Kier molecular flexibility index (Phi) is 5.92. The van der Waals surface area contributed by atoms with Gasteiger partial charge >= 0.3 is 0 Å². The van der Waals surface area contributed by atoms with Crippen molar-refractivity contribution in [2.75, 3.05) is 26.2 Å². The number of halogens is 1. The maximum Gasteiger partial charge on any atom is 0.247 e. The third-order valence-corrected chi connectivity index (χ3v) is 7.73. The molecule has 1 atom stereocenters. The highest BCUT2D eigenvalue weighted by atomic mass is 35.5. The number of nitrogens with zero attached hydrogens (tertiary/aromatic N) is 3. The molecule has 2 aliphatic heterocycles. The van der Waals surface area contributed by atoms with Gasteiger partial charge in [-0.2, -0.15) is 4.31 Å². The zero-order chi connectivity index (χ0) is 21.3. The Balaban J connectivity index is 1.40. The van der Waals surface area contributed by atoms with E-state index in [0.717, 1.165) is 5.56 Å². The summed E-state index contributed by atoms with van der Waals surface area (Å²) >= 11 is 5.85. The third-order valence-electron chi connectivity index (χ3n) is 5.57.